The van der Waals surface area contributed by atoms with Crippen LogP contribution in [-0.2, 0) is 9.59 Å². The van der Waals surface area contributed by atoms with Crippen LogP contribution in [0.15, 0.2) is 11.6 Å². The maximum atomic E-state index is 12.1. The molecule has 0 radical (unpaired) electrons. The van der Waals surface area contributed by atoms with Crippen molar-refractivity contribution in [1.82, 2.24) is 0 Å². The summed E-state index contributed by atoms with van der Waals surface area (Å²) in [5.41, 5.74) is 0.642. The maximum Gasteiger partial charge on any atom is 0.155 e. The summed E-state index contributed by atoms with van der Waals surface area (Å²) >= 11 is 0. The van der Waals surface area contributed by atoms with Crippen molar-refractivity contribution in [2.24, 2.45) is 29.1 Å². The number of aliphatic hydroxyl groups is 1. The Kier molecular flexibility index (Phi) is 3.39. The second kappa shape index (κ2) is 5.02. The minimum atomic E-state index is -0.625. The Hall–Kier alpha value is -0.960. The summed E-state index contributed by atoms with van der Waals surface area (Å²) in [4.78, 5) is 23.8. The van der Waals surface area contributed by atoms with Crippen LogP contribution in [0.25, 0.3) is 0 Å². The molecular weight excluding hydrogens is 288 g/mol. The van der Waals surface area contributed by atoms with Crippen molar-refractivity contribution in [3.8, 4) is 0 Å². The molecule has 3 heteroatoms. The molecule has 126 valence electrons. The van der Waals surface area contributed by atoms with Gasteiger partial charge in [-0.1, -0.05) is 12.5 Å². The molecule has 0 bridgehead atoms. The smallest absolute Gasteiger partial charge is 0.155 e. The number of hydrogen-bond acceptors (Lipinski definition) is 3. The van der Waals surface area contributed by atoms with Crippen LogP contribution in [0.2, 0.25) is 0 Å². The summed E-state index contributed by atoms with van der Waals surface area (Å²) in [6, 6.07) is 0. The van der Waals surface area contributed by atoms with Crippen molar-refractivity contribution < 1.29 is 14.7 Å². The first-order valence-electron chi connectivity index (χ1n) is 9.32. The average Bonchev–Trinajstić information content (AvgIpc) is 2.85. The van der Waals surface area contributed by atoms with E-state index in [1.165, 1.54) is 5.57 Å². The molecule has 0 aliphatic heterocycles. The van der Waals surface area contributed by atoms with E-state index in [1.807, 2.05) is 6.08 Å². The van der Waals surface area contributed by atoms with Crippen LogP contribution in [0.4, 0.5) is 0 Å². The van der Waals surface area contributed by atoms with Crippen molar-refractivity contribution in [3.05, 3.63) is 11.6 Å². The summed E-state index contributed by atoms with van der Waals surface area (Å²) in [7, 11) is 0. The van der Waals surface area contributed by atoms with E-state index >= 15 is 0 Å². The van der Waals surface area contributed by atoms with Gasteiger partial charge in [-0.3, -0.25) is 9.59 Å². The van der Waals surface area contributed by atoms with Gasteiger partial charge in [0.1, 0.15) is 5.78 Å². The van der Waals surface area contributed by atoms with Gasteiger partial charge in [-0.25, -0.2) is 0 Å². The highest BCUT2D eigenvalue weighted by atomic mass is 16.3. The molecule has 0 spiro atoms. The lowest BCUT2D eigenvalue weighted by Gasteiger charge is -2.58. The molecule has 0 aromatic rings. The number of carbonyl (C=O) groups is 2. The summed E-state index contributed by atoms with van der Waals surface area (Å²) < 4.78 is 0. The monoisotopic (exact) mass is 316 g/mol. The van der Waals surface area contributed by atoms with Gasteiger partial charge in [0, 0.05) is 12.3 Å². The molecule has 3 fully saturated rings. The van der Waals surface area contributed by atoms with Crippen molar-refractivity contribution in [3.63, 3.8) is 0 Å². The van der Waals surface area contributed by atoms with E-state index in [9.17, 15) is 14.7 Å². The Morgan fingerprint density at radius 2 is 1.96 bits per heavy atom. The van der Waals surface area contributed by atoms with Crippen molar-refractivity contribution in [1.29, 1.82) is 0 Å². The quantitative estimate of drug-likeness (QED) is 0.806. The highest BCUT2D eigenvalue weighted by Gasteiger charge is 2.63. The standard InChI is InChI=1S/C20H28O3/c1-12(21)16-5-6-18-19(16,2)9-8-17-15-4-3-14(22)11-13(15)7-10-20(17,18)23/h11,15-18,23H,3-10H2,1-2H3. The Labute approximate surface area is 138 Å². The summed E-state index contributed by atoms with van der Waals surface area (Å²) in [5.74, 6) is 1.63. The van der Waals surface area contributed by atoms with Gasteiger partial charge in [0.05, 0.1) is 5.60 Å². The summed E-state index contributed by atoms with van der Waals surface area (Å²) in [6.45, 7) is 3.98. The molecule has 3 saturated carbocycles. The van der Waals surface area contributed by atoms with E-state index in [2.05, 4.69) is 6.92 Å². The highest BCUT2D eigenvalue weighted by molar-refractivity contribution is 5.91. The zero-order valence-electron chi connectivity index (χ0n) is 14.3. The molecule has 0 saturated heterocycles. The number of ketones is 2. The molecule has 1 N–H and O–H groups in total. The normalized spacial score (nSPS) is 49.0. The molecule has 4 aliphatic rings. The third kappa shape index (κ3) is 2.05. The number of fused-ring (bicyclic) bond motifs is 5. The SMILES string of the molecule is CC(=O)C1CCC2C1(C)CCC1C3CCC(=O)C=C3CCC12O. The molecule has 0 aromatic carbocycles. The van der Waals surface area contributed by atoms with E-state index in [0.717, 1.165) is 44.9 Å². The Balaban J connectivity index is 1.69. The van der Waals surface area contributed by atoms with Crippen molar-refractivity contribution in [2.45, 2.75) is 70.8 Å². The first kappa shape index (κ1) is 15.6. The van der Waals surface area contributed by atoms with Crippen LogP contribution in [0.3, 0.4) is 0 Å². The number of allylic oxidation sites excluding steroid dienone is 1. The van der Waals surface area contributed by atoms with E-state index < -0.39 is 5.60 Å². The third-order valence-electron chi connectivity index (χ3n) is 7.89. The van der Waals surface area contributed by atoms with Crippen LogP contribution in [0.5, 0.6) is 0 Å². The highest BCUT2D eigenvalue weighted by Crippen LogP contribution is 2.65. The molecular formula is C20H28O3. The summed E-state index contributed by atoms with van der Waals surface area (Å²) in [6.07, 6.45) is 9.04. The topological polar surface area (TPSA) is 54.4 Å². The number of rotatable bonds is 1. The largest absolute Gasteiger partial charge is 0.389 e. The molecule has 4 aliphatic carbocycles. The zero-order chi connectivity index (χ0) is 16.4. The van der Waals surface area contributed by atoms with Crippen molar-refractivity contribution in [2.75, 3.05) is 0 Å². The lowest BCUT2D eigenvalue weighted by Crippen LogP contribution is -2.59. The Bertz CT molecular complexity index is 592. The lowest BCUT2D eigenvalue weighted by molar-refractivity contribution is -0.172. The van der Waals surface area contributed by atoms with Crippen LogP contribution in [0, 0.1) is 29.1 Å². The number of Topliss-reactive ketones (excluding diaryl/α,β-unsaturated/α-hetero) is 1. The zero-order valence-corrected chi connectivity index (χ0v) is 14.3. The van der Waals surface area contributed by atoms with E-state index in [-0.39, 0.29) is 23.0 Å². The van der Waals surface area contributed by atoms with Gasteiger partial charge in [-0.2, -0.15) is 0 Å². The molecule has 6 atom stereocenters. The minimum Gasteiger partial charge on any atom is -0.389 e. The maximum absolute atomic E-state index is 12.1. The fraction of sp³-hybridized carbons (Fsp3) is 0.800. The second-order valence-electron chi connectivity index (χ2n) is 8.77. The van der Waals surface area contributed by atoms with Crippen LogP contribution in [0.1, 0.15) is 65.2 Å². The van der Waals surface area contributed by atoms with Gasteiger partial charge in [-0.15, -0.1) is 0 Å². The van der Waals surface area contributed by atoms with Gasteiger partial charge in [0.15, 0.2) is 5.78 Å². The average molecular weight is 316 g/mol. The minimum absolute atomic E-state index is 0.0250. The predicted octanol–water partition coefficient (Wildman–Crippen LogP) is 3.45. The molecule has 0 heterocycles. The Morgan fingerprint density at radius 3 is 2.70 bits per heavy atom. The lowest BCUT2D eigenvalue weighted by atomic mass is 9.49. The Morgan fingerprint density at radius 1 is 1.17 bits per heavy atom. The molecule has 4 rings (SSSR count). The molecule has 6 unspecified atom stereocenters. The van der Waals surface area contributed by atoms with E-state index in [1.54, 1.807) is 6.92 Å². The molecule has 3 nitrogen and oxygen atoms in total. The first-order chi connectivity index (χ1) is 10.9. The predicted molar refractivity (Wildman–Crippen MR) is 87.7 cm³/mol. The molecule has 23 heavy (non-hydrogen) atoms. The fourth-order valence-electron chi connectivity index (χ4n) is 6.89. The number of carbonyl (C=O) groups excluding carboxylic acids is 2. The van der Waals surface area contributed by atoms with E-state index in [4.69, 9.17) is 0 Å². The first-order valence-corrected chi connectivity index (χ1v) is 9.32. The van der Waals surface area contributed by atoms with Gasteiger partial charge >= 0.3 is 0 Å². The third-order valence-corrected chi connectivity index (χ3v) is 7.89. The second-order valence-corrected chi connectivity index (χ2v) is 8.77. The van der Waals surface area contributed by atoms with Gasteiger partial charge in [0.2, 0.25) is 0 Å². The molecule has 0 amide bonds. The molecule has 0 aromatic heterocycles. The van der Waals surface area contributed by atoms with Gasteiger partial charge in [0.25, 0.3) is 0 Å². The van der Waals surface area contributed by atoms with Crippen LogP contribution in [-0.4, -0.2) is 22.3 Å². The van der Waals surface area contributed by atoms with Crippen LogP contribution >= 0.6 is 0 Å². The van der Waals surface area contributed by atoms with E-state index in [0.29, 0.717) is 24.0 Å². The fourth-order valence-corrected chi connectivity index (χ4v) is 6.89. The van der Waals surface area contributed by atoms with Crippen molar-refractivity contribution >= 4 is 11.6 Å². The van der Waals surface area contributed by atoms with Gasteiger partial charge < -0.3 is 5.11 Å². The summed E-state index contributed by atoms with van der Waals surface area (Å²) in [5, 5.41) is 11.7. The van der Waals surface area contributed by atoms with Gasteiger partial charge in [-0.05, 0) is 81.1 Å². The number of hydrogen-bond donors (Lipinski definition) is 1. The van der Waals surface area contributed by atoms with Crippen LogP contribution < -0.4 is 0 Å².